The van der Waals surface area contributed by atoms with Crippen LogP contribution < -0.4 is 11.1 Å². The molecule has 1 atom stereocenters. The number of hydrogen-bond acceptors (Lipinski definition) is 4. The Morgan fingerprint density at radius 3 is 2.58 bits per heavy atom. The highest BCUT2D eigenvalue weighted by Crippen LogP contribution is 2.26. The minimum absolute atomic E-state index is 0.0124. The lowest BCUT2D eigenvalue weighted by molar-refractivity contribution is -0.133. The van der Waals surface area contributed by atoms with Crippen molar-refractivity contribution in [3.8, 4) is 0 Å². The van der Waals surface area contributed by atoms with Crippen LogP contribution in [-0.2, 0) is 15.0 Å². The number of rotatable bonds is 6. The fourth-order valence-electron chi connectivity index (χ4n) is 3.04. The second-order valence-corrected chi connectivity index (χ2v) is 8.87. The molecule has 5 nitrogen and oxygen atoms in total. The zero-order chi connectivity index (χ0) is 19.2. The van der Waals surface area contributed by atoms with Gasteiger partial charge >= 0.3 is 0 Å². The Morgan fingerprint density at radius 2 is 1.96 bits per heavy atom. The number of thioether (sulfide) groups is 1. The van der Waals surface area contributed by atoms with E-state index in [0.29, 0.717) is 25.4 Å². The molecule has 1 fully saturated rings. The quantitative estimate of drug-likeness (QED) is 0.747. The number of carbonyl (C=O) groups excluding carboxylic acids is 2. The molecule has 1 aromatic carbocycles. The van der Waals surface area contributed by atoms with E-state index in [1.54, 1.807) is 11.8 Å². The van der Waals surface area contributed by atoms with Gasteiger partial charge in [-0.2, -0.15) is 0 Å². The predicted molar refractivity (Wildman–Crippen MR) is 107 cm³/mol. The Bertz CT molecular complexity index is 610. The van der Waals surface area contributed by atoms with E-state index in [9.17, 15) is 9.59 Å². The number of likely N-dealkylation sites (tertiary alicyclic amines) is 1. The normalized spacial score (nSPS) is 17.8. The van der Waals surface area contributed by atoms with Gasteiger partial charge in [-0.05, 0) is 36.0 Å². The third-order valence-corrected chi connectivity index (χ3v) is 5.67. The van der Waals surface area contributed by atoms with E-state index < -0.39 is 0 Å². The summed E-state index contributed by atoms with van der Waals surface area (Å²) >= 11 is 1.56. The average Bonchev–Trinajstić information content (AvgIpc) is 2.63. The van der Waals surface area contributed by atoms with Gasteiger partial charge in [-0.15, -0.1) is 11.8 Å². The zero-order valence-electron chi connectivity index (χ0n) is 16.1. The smallest absolute Gasteiger partial charge is 0.232 e. The van der Waals surface area contributed by atoms with E-state index in [2.05, 4.69) is 50.4 Å². The largest absolute Gasteiger partial charge is 0.355 e. The van der Waals surface area contributed by atoms with Gasteiger partial charge in [0.15, 0.2) is 0 Å². The highest BCUT2D eigenvalue weighted by atomic mass is 32.2. The Kier molecular flexibility index (Phi) is 7.53. The summed E-state index contributed by atoms with van der Waals surface area (Å²) in [5, 5.41) is 2.83. The number of carbonyl (C=O) groups is 2. The molecule has 0 aliphatic carbocycles. The molecular weight excluding hydrogens is 346 g/mol. The van der Waals surface area contributed by atoms with Gasteiger partial charge in [0, 0.05) is 31.1 Å². The molecule has 1 unspecified atom stereocenters. The van der Waals surface area contributed by atoms with E-state index >= 15 is 0 Å². The Labute approximate surface area is 161 Å². The topological polar surface area (TPSA) is 75.4 Å². The van der Waals surface area contributed by atoms with Gasteiger partial charge < -0.3 is 16.0 Å². The van der Waals surface area contributed by atoms with Crippen LogP contribution in [0.2, 0.25) is 0 Å². The van der Waals surface area contributed by atoms with Gasteiger partial charge in [-0.1, -0.05) is 32.9 Å². The molecule has 0 spiro atoms. The number of hydrogen-bond donors (Lipinski definition) is 2. The maximum atomic E-state index is 12.5. The molecular formula is C20H31N3O2S. The van der Waals surface area contributed by atoms with E-state index in [1.807, 2.05) is 4.90 Å². The third-order valence-electron chi connectivity index (χ3n) is 4.67. The lowest BCUT2D eigenvalue weighted by Crippen LogP contribution is -2.46. The molecule has 26 heavy (non-hydrogen) atoms. The summed E-state index contributed by atoms with van der Waals surface area (Å²) in [6.07, 6.45) is 1.71. The molecule has 6 heteroatoms. The summed E-state index contributed by atoms with van der Waals surface area (Å²) in [6.45, 7) is 8.75. The molecule has 0 aromatic heterocycles. The summed E-state index contributed by atoms with van der Waals surface area (Å²) < 4.78 is 0. The molecule has 1 saturated heterocycles. The van der Waals surface area contributed by atoms with Crippen molar-refractivity contribution in [3.63, 3.8) is 0 Å². The van der Waals surface area contributed by atoms with Crippen LogP contribution in [0.15, 0.2) is 29.2 Å². The van der Waals surface area contributed by atoms with Crippen LogP contribution in [0.3, 0.4) is 0 Å². The van der Waals surface area contributed by atoms with Crippen LogP contribution in [0.25, 0.3) is 0 Å². The van der Waals surface area contributed by atoms with Crippen LogP contribution in [0.5, 0.6) is 0 Å². The number of nitrogens with one attached hydrogen (secondary N) is 1. The van der Waals surface area contributed by atoms with Crippen molar-refractivity contribution in [1.29, 1.82) is 0 Å². The molecule has 0 radical (unpaired) electrons. The molecule has 0 saturated carbocycles. The average molecular weight is 378 g/mol. The second kappa shape index (κ2) is 9.42. The lowest BCUT2D eigenvalue weighted by Gasteiger charge is -2.32. The third kappa shape index (κ3) is 6.02. The molecule has 3 N–H and O–H groups in total. The van der Waals surface area contributed by atoms with Crippen LogP contribution in [0, 0.1) is 5.92 Å². The monoisotopic (exact) mass is 377 g/mol. The summed E-state index contributed by atoms with van der Waals surface area (Å²) in [5.41, 5.74) is 6.85. The molecule has 2 amide bonds. The first-order valence-corrected chi connectivity index (χ1v) is 10.3. The Morgan fingerprint density at radius 1 is 1.27 bits per heavy atom. The number of benzene rings is 1. The number of piperidine rings is 1. The first-order valence-electron chi connectivity index (χ1n) is 9.30. The van der Waals surface area contributed by atoms with Crippen LogP contribution in [0.1, 0.15) is 39.2 Å². The van der Waals surface area contributed by atoms with E-state index in [-0.39, 0.29) is 23.1 Å². The highest BCUT2D eigenvalue weighted by molar-refractivity contribution is 8.00. The molecule has 1 aliphatic rings. The Balaban J connectivity index is 1.84. The van der Waals surface area contributed by atoms with Crippen LogP contribution in [0.4, 0.5) is 0 Å². The van der Waals surface area contributed by atoms with Gasteiger partial charge in [0.1, 0.15) is 0 Å². The number of amides is 2. The van der Waals surface area contributed by atoms with Crippen molar-refractivity contribution in [2.75, 3.05) is 31.9 Å². The first kappa shape index (κ1) is 20.8. The van der Waals surface area contributed by atoms with Crippen molar-refractivity contribution >= 4 is 23.6 Å². The summed E-state index contributed by atoms with van der Waals surface area (Å²) in [7, 11) is 0. The van der Waals surface area contributed by atoms with Crippen LogP contribution >= 0.6 is 11.8 Å². The van der Waals surface area contributed by atoms with E-state index in [1.165, 1.54) is 5.56 Å². The van der Waals surface area contributed by atoms with Crippen molar-refractivity contribution in [2.24, 2.45) is 11.7 Å². The number of nitrogens with zero attached hydrogens (tertiary/aromatic N) is 1. The molecule has 144 valence electrons. The maximum absolute atomic E-state index is 12.5. The van der Waals surface area contributed by atoms with E-state index in [0.717, 1.165) is 24.3 Å². The zero-order valence-corrected chi connectivity index (χ0v) is 16.9. The second-order valence-electron chi connectivity index (χ2n) is 7.82. The van der Waals surface area contributed by atoms with Gasteiger partial charge in [0.25, 0.3) is 0 Å². The SMILES string of the molecule is CC(C)(C)c1ccc(SCC(=O)N2CCCC(C(=O)NCCN)C2)cc1. The van der Waals surface area contributed by atoms with Crippen molar-refractivity contribution < 1.29 is 9.59 Å². The Hall–Kier alpha value is -1.53. The van der Waals surface area contributed by atoms with Gasteiger partial charge in [-0.3, -0.25) is 9.59 Å². The standard InChI is InChI=1S/C20H31N3O2S/c1-20(2,3)16-6-8-17(9-7-16)26-14-18(24)23-12-4-5-15(13-23)19(25)22-11-10-21/h6-9,15H,4-5,10-14,21H2,1-3H3,(H,22,25). The molecule has 1 aromatic rings. The van der Waals surface area contributed by atoms with Gasteiger partial charge in [0.2, 0.25) is 11.8 Å². The summed E-state index contributed by atoms with van der Waals surface area (Å²) in [6, 6.07) is 8.42. The highest BCUT2D eigenvalue weighted by Gasteiger charge is 2.28. The first-order chi connectivity index (χ1) is 12.3. The van der Waals surface area contributed by atoms with E-state index in [4.69, 9.17) is 5.73 Å². The predicted octanol–water partition coefficient (Wildman–Crippen LogP) is 2.39. The fraction of sp³-hybridized carbons (Fsp3) is 0.600. The summed E-state index contributed by atoms with van der Waals surface area (Å²) in [5.74, 6) is 0.409. The summed E-state index contributed by atoms with van der Waals surface area (Å²) in [4.78, 5) is 27.6. The van der Waals surface area contributed by atoms with Gasteiger partial charge in [0.05, 0.1) is 11.7 Å². The van der Waals surface area contributed by atoms with Crippen molar-refractivity contribution in [3.05, 3.63) is 29.8 Å². The van der Waals surface area contributed by atoms with Crippen molar-refractivity contribution in [1.82, 2.24) is 10.2 Å². The number of nitrogens with two attached hydrogens (primary N) is 1. The minimum Gasteiger partial charge on any atom is -0.355 e. The lowest BCUT2D eigenvalue weighted by atomic mass is 9.87. The fourth-order valence-corrected chi connectivity index (χ4v) is 3.85. The molecule has 0 bridgehead atoms. The molecule has 1 heterocycles. The van der Waals surface area contributed by atoms with Crippen molar-refractivity contribution in [2.45, 2.75) is 43.9 Å². The maximum Gasteiger partial charge on any atom is 0.232 e. The molecule has 1 aliphatic heterocycles. The van der Waals surface area contributed by atoms with Crippen LogP contribution in [-0.4, -0.2) is 48.6 Å². The molecule has 2 rings (SSSR count). The van der Waals surface area contributed by atoms with Gasteiger partial charge in [-0.25, -0.2) is 0 Å². The minimum atomic E-state index is -0.115.